The predicted molar refractivity (Wildman–Crippen MR) is 78.5 cm³/mol. The monoisotopic (exact) mass is 270 g/mol. The van der Waals surface area contributed by atoms with Crippen LogP contribution in [0.15, 0.2) is 54.6 Å². The molecule has 104 valence electrons. The summed E-state index contributed by atoms with van der Waals surface area (Å²) in [6.07, 6.45) is 0.791. The van der Waals surface area contributed by atoms with E-state index in [9.17, 15) is 4.79 Å². The van der Waals surface area contributed by atoms with E-state index in [1.54, 1.807) is 19.1 Å². The number of para-hydroxylation sites is 1. The van der Waals surface area contributed by atoms with Gasteiger partial charge in [0.05, 0.1) is 13.2 Å². The molecule has 0 unspecified atom stereocenters. The molecular weight excluding hydrogens is 252 g/mol. The summed E-state index contributed by atoms with van der Waals surface area (Å²) in [5.41, 5.74) is 0.669. The number of ketones is 1. The van der Waals surface area contributed by atoms with Crippen LogP contribution in [0.5, 0.6) is 11.5 Å². The SMILES string of the molecule is CC(=O)c1cccc(OCCCOc2ccccc2)c1. The van der Waals surface area contributed by atoms with Crippen LogP contribution < -0.4 is 9.47 Å². The molecule has 0 aromatic heterocycles. The lowest BCUT2D eigenvalue weighted by Gasteiger charge is -2.08. The Kier molecular flexibility index (Phi) is 5.18. The van der Waals surface area contributed by atoms with Gasteiger partial charge in [-0.1, -0.05) is 30.3 Å². The van der Waals surface area contributed by atoms with Crippen molar-refractivity contribution in [2.45, 2.75) is 13.3 Å². The Balaban J connectivity index is 1.71. The number of hydrogen-bond donors (Lipinski definition) is 0. The van der Waals surface area contributed by atoms with Gasteiger partial charge >= 0.3 is 0 Å². The zero-order valence-electron chi connectivity index (χ0n) is 11.5. The van der Waals surface area contributed by atoms with Crippen molar-refractivity contribution in [3.63, 3.8) is 0 Å². The topological polar surface area (TPSA) is 35.5 Å². The molecule has 3 nitrogen and oxygen atoms in total. The highest BCUT2D eigenvalue weighted by atomic mass is 16.5. The van der Waals surface area contributed by atoms with Gasteiger partial charge in [-0.25, -0.2) is 0 Å². The summed E-state index contributed by atoms with van der Waals surface area (Å²) >= 11 is 0. The minimum Gasteiger partial charge on any atom is -0.493 e. The summed E-state index contributed by atoms with van der Waals surface area (Å²) in [7, 11) is 0. The van der Waals surface area contributed by atoms with Gasteiger partial charge < -0.3 is 9.47 Å². The Hall–Kier alpha value is -2.29. The molecule has 0 spiro atoms. The first-order valence-electron chi connectivity index (χ1n) is 6.67. The van der Waals surface area contributed by atoms with E-state index in [4.69, 9.17) is 9.47 Å². The maximum absolute atomic E-state index is 11.3. The molecule has 0 aliphatic carbocycles. The molecular formula is C17H18O3. The fraction of sp³-hybridized carbons (Fsp3) is 0.235. The molecule has 0 aliphatic rings. The van der Waals surface area contributed by atoms with Crippen LogP contribution in [0.25, 0.3) is 0 Å². The van der Waals surface area contributed by atoms with E-state index in [-0.39, 0.29) is 5.78 Å². The van der Waals surface area contributed by atoms with E-state index in [0.717, 1.165) is 17.9 Å². The number of carbonyl (C=O) groups excluding carboxylic acids is 1. The van der Waals surface area contributed by atoms with Gasteiger partial charge in [-0.2, -0.15) is 0 Å². The van der Waals surface area contributed by atoms with Gasteiger partial charge in [-0.05, 0) is 31.2 Å². The fourth-order valence-corrected chi connectivity index (χ4v) is 1.76. The lowest BCUT2D eigenvalue weighted by molar-refractivity contribution is 0.101. The smallest absolute Gasteiger partial charge is 0.159 e. The van der Waals surface area contributed by atoms with Crippen molar-refractivity contribution in [3.8, 4) is 11.5 Å². The lowest BCUT2D eigenvalue weighted by atomic mass is 10.1. The third kappa shape index (κ3) is 4.43. The second-order valence-corrected chi connectivity index (χ2v) is 4.45. The van der Waals surface area contributed by atoms with Crippen LogP contribution in [-0.4, -0.2) is 19.0 Å². The number of carbonyl (C=O) groups is 1. The quantitative estimate of drug-likeness (QED) is 0.568. The number of Topliss-reactive ketones (excluding diaryl/α,β-unsaturated/α-hetero) is 1. The van der Waals surface area contributed by atoms with Crippen LogP contribution in [-0.2, 0) is 0 Å². The van der Waals surface area contributed by atoms with Gasteiger partial charge in [-0.15, -0.1) is 0 Å². The number of hydrogen-bond acceptors (Lipinski definition) is 3. The zero-order chi connectivity index (χ0) is 14.2. The van der Waals surface area contributed by atoms with Crippen LogP contribution in [0.2, 0.25) is 0 Å². The largest absolute Gasteiger partial charge is 0.493 e. The van der Waals surface area contributed by atoms with E-state index >= 15 is 0 Å². The molecule has 0 heterocycles. The van der Waals surface area contributed by atoms with Crippen LogP contribution in [0, 0.1) is 0 Å². The second-order valence-electron chi connectivity index (χ2n) is 4.45. The van der Waals surface area contributed by atoms with E-state index < -0.39 is 0 Å². The molecule has 0 aliphatic heterocycles. The normalized spacial score (nSPS) is 10.1. The average Bonchev–Trinajstić information content (AvgIpc) is 2.48. The first kappa shape index (κ1) is 14.1. The van der Waals surface area contributed by atoms with Gasteiger partial charge in [-0.3, -0.25) is 4.79 Å². The highest BCUT2D eigenvalue weighted by molar-refractivity contribution is 5.94. The van der Waals surface area contributed by atoms with E-state index in [0.29, 0.717) is 18.8 Å². The highest BCUT2D eigenvalue weighted by Gasteiger charge is 2.01. The molecule has 0 saturated heterocycles. The molecule has 0 bridgehead atoms. The molecule has 0 radical (unpaired) electrons. The molecule has 3 heteroatoms. The predicted octanol–water partition coefficient (Wildman–Crippen LogP) is 3.74. The van der Waals surface area contributed by atoms with Crippen molar-refractivity contribution < 1.29 is 14.3 Å². The minimum atomic E-state index is 0.0443. The third-order valence-electron chi connectivity index (χ3n) is 2.81. The first-order valence-corrected chi connectivity index (χ1v) is 6.67. The van der Waals surface area contributed by atoms with E-state index in [1.165, 1.54) is 0 Å². The number of ether oxygens (including phenoxy) is 2. The van der Waals surface area contributed by atoms with Gasteiger partial charge in [0, 0.05) is 12.0 Å². The van der Waals surface area contributed by atoms with Crippen LogP contribution in [0.1, 0.15) is 23.7 Å². The molecule has 20 heavy (non-hydrogen) atoms. The summed E-state index contributed by atoms with van der Waals surface area (Å²) in [5.74, 6) is 1.63. The highest BCUT2D eigenvalue weighted by Crippen LogP contribution is 2.14. The van der Waals surface area contributed by atoms with Crippen LogP contribution >= 0.6 is 0 Å². The Morgan fingerprint density at radius 2 is 1.55 bits per heavy atom. The second kappa shape index (κ2) is 7.34. The Morgan fingerprint density at radius 1 is 0.900 bits per heavy atom. The summed E-state index contributed by atoms with van der Waals surface area (Å²) in [4.78, 5) is 11.3. The van der Waals surface area contributed by atoms with E-state index in [2.05, 4.69) is 0 Å². The van der Waals surface area contributed by atoms with Crippen molar-refractivity contribution in [1.29, 1.82) is 0 Å². The minimum absolute atomic E-state index is 0.0443. The summed E-state index contributed by atoms with van der Waals surface area (Å²) in [6, 6.07) is 16.9. The van der Waals surface area contributed by atoms with E-state index in [1.807, 2.05) is 42.5 Å². The van der Waals surface area contributed by atoms with Crippen LogP contribution in [0.3, 0.4) is 0 Å². The van der Waals surface area contributed by atoms with Crippen molar-refractivity contribution >= 4 is 5.78 Å². The summed E-state index contributed by atoms with van der Waals surface area (Å²) < 4.78 is 11.2. The average molecular weight is 270 g/mol. The zero-order valence-corrected chi connectivity index (χ0v) is 11.5. The Bertz CT molecular complexity index is 549. The van der Waals surface area contributed by atoms with Gasteiger partial charge in [0.15, 0.2) is 5.78 Å². The fourth-order valence-electron chi connectivity index (χ4n) is 1.76. The van der Waals surface area contributed by atoms with Gasteiger partial charge in [0.2, 0.25) is 0 Å². The molecule has 0 atom stereocenters. The number of benzene rings is 2. The standard InChI is InChI=1S/C17H18O3/c1-14(18)15-7-5-10-17(13-15)20-12-6-11-19-16-8-3-2-4-9-16/h2-5,7-10,13H,6,11-12H2,1H3. The maximum atomic E-state index is 11.3. The third-order valence-corrected chi connectivity index (χ3v) is 2.81. The first-order chi connectivity index (χ1) is 9.75. The Labute approximate surface area is 119 Å². The maximum Gasteiger partial charge on any atom is 0.159 e. The Morgan fingerprint density at radius 3 is 2.25 bits per heavy atom. The molecule has 0 amide bonds. The number of rotatable bonds is 7. The van der Waals surface area contributed by atoms with Crippen molar-refractivity contribution in [1.82, 2.24) is 0 Å². The van der Waals surface area contributed by atoms with Gasteiger partial charge in [0.25, 0.3) is 0 Å². The molecule has 2 aromatic rings. The molecule has 0 saturated carbocycles. The van der Waals surface area contributed by atoms with Crippen molar-refractivity contribution in [2.75, 3.05) is 13.2 Å². The summed E-state index contributed by atoms with van der Waals surface area (Å²) in [5, 5.41) is 0. The van der Waals surface area contributed by atoms with Gasteiger partial charge in [0.1, 0.15) is 11.5 Å². The van der Waals surface area contributed by atoms with Crippen molar-refractivity contribution in [2.24, 2.45) is 0 Å². The van der Waals surface area contributed by atoms with Crippen LogP contribution in [0.4, 0.5) is 0 Å². The molecule has 0 fully saturated rings. The molecule has 2 rings (SSSR count). The van der Waals surface area contributed by atoms with Crippen molar-refractivity contribution in [3.05, 3.63) is 60.2 Å². The summed E-state index contributed by atoms with van der Waals surface area (Å²) in [6.45, 7) is 2.72. The molecule has 0 N–H and O–H groups in total. The lowest BCUT2D eigenvalue weighted by Crippen LogP contribution is -2.05. The molecule has 2 aromatic carbocycles.